The number of rotatable bonds is 12. The average Bonchev–Trinajstić information content (AvgIpc) is 4.10. The van der Waals surface area contributed by atoms with Gasteiger partial charge in [0, 0.05) is 10.8 Å². The monoisotopic (exact) mass is 862 g/mol. The normalized spacial score (nSPS) is 13.9. The van der Waals surface area contributed by atoms with Gasteiger partial charge in [0.15, 0.2) is 10.3 Å². The van der Waals surface area contributed by atoms with Crippen molar-refractivity contribution < 1.29 is 19.1 Å². The summed E-state index contributed by atoms with van der Waals surface area (Å²) >= 11 is 9.65. The van der Waals surface area contributed by atoms with Gasteiger partial charge in [0.1, 0.15) is 0 Å². The Morgan fingerprint density at radius 1 is 0.615 bits per heavy atom. The number of halogens is 2. The molecule has 2 heterocycles. The van der Waals surface area contributed by atoms with Crippen LogP contribution in [0.15, 0.2) is 92.6 Å². The minimum Gasteiger partial charge on any atom is -0.465 e. The number of hydrogen-bond acceptors (Lipinski definition) is 10. The molecule has 52 heavy (non-hydrogen) atoms. The van der Waals surface area contributed by atoms with Crippen molar-refractivity contribution in [3.8, 4) is 11.4 Å². The Bertz CT molecular complexity index is 2090. The van der Waals surface area contributed by atoms with E-state index < -0.39 is 0 Å². The summed E-state index contributed by atoms with van der Waals surface area (Å²) in [5.41, 5.74) is 4.84. The van der Waals surface area contributed by atoms with Gasteiger partial charge in [-0.3, -0.25) is 18.7 Å². The molecule has 0 bridgehead atoms. The smallest absolute Gasteiger partial charge is 0.316 e. The fourth-order valence-corrected chi connectivity index (χ4v) is 8.85. The van der Waals surface area contributed by atoms with Gasteiger partial charge in [-0.05, 0) is 117 Å². The maximum absolute atomic E-state index is 11.7. The van der Waals surface area contributed by atoms with E-state index in [0.29, 0.717) is 44.8 Å². The number of nitrogens with zero attached hydrogens (tertiary/aromatic N) is 6. The first-order valence-electron chi connectivity index (χ1n) is 17.2. The molecule has 0 unspecified atom stereocenters. The molecular formula is C38H36Br2N6O4S2. The van der Waals surface area contributed by atoms with Crippen LogP contribution in [-0.2, 0) is 19.1 Å². The van der Waals surface area contributed by atoms with Crippen molar-refractivity contribution >= 4 is 88.9 Å². The first-order chi connectivity index (χ1) is 25.4. The van der Waals surface area contributed by atoms with Crippen LogP contribution in [0.2, 0.25) is 0 Å². The highest BCUT2D eigenvalue weighted by atomic mass is 79.9. The lowest BCUT2D eigenvalue weighted by Gasteiger charge is -2.13. The van der Waals surface area contributed by atoms with Crippen molar-refractivity contribution in [2.75, 3.05) is 24.7 Å². The predicted molar refractivity (Wildman–Crippen MR) is 212 cm³/mol. The first kappa shape index (κ1) is 36.6. The van der Waals surface area contributed by atoms with Gasteiger partial charge in [0.2, 0.25) is 9.47 Å². The molecule has 10 nitrogen and oxygen atoms in total. The molecule has 2 fully saturated rings. The minimum absolute atomic E-state index is 0.205. The van der Waals surface area contributed by atoms with Crippen molar-refractivity contribution in [1.82, 2.24) is 29.5 Å². The van der Waals surface area contributed by atoms with E-state index in [1.165, 1.54) is 71.1 Å². The van der Waals surface area contributed by atoms with Crippen LogP contribution < -0.4 is 0 Å². The zero-order valence-electron chi connectivity index (χ0n) is 28.6. The van der Waals surface area contributed by atoms with Crippen LogP contribution in [0.5, 0.6) is 0 Å². The van der Waals surface area contributed by atoms with Crippen molar-refractivity contribution in [3.05, 3.63) is 93.4 Å². The second kappa shape index (κ2) is 16.5. The molecule has 4 aromatic carbocycles. The lowest BCUT2D eigenvalue weighted by atomic mass is 9.99. The quantitative estimate of drug-likeness (QED) is 0.0871. The third-order valence-corrected chi connectivity index (χ3v) is 11.7. The van der Waals surface area contributed by atoms with E-state index in [1.807, 2.05) is 21.3 Å². The Morgan fingerprint density at radius 3 is 1.37 bits per heavy atom. The number of hydrogen-bond donors (Lipinski definition) is 0. The Morgan fingerprint density at radius 2 is 1.00 bits per heavy atom. The van der Waals surface area contributed by atoms with E-state index >= 15 is 0 Å². The molecule has 2 aliphatic carbocycles. The average molecular weight is 865 g/mol. The first-order valence-corrected chi connectivity index (χ1v) is 20.8. The molecule has 2 aliphatic rings. The van der Waals surface area contributed by atoms with Crippen molar-refractivity contribution in [2.45, 2.75) is 61.7 Å². The topological polar surface area (TPSA) is 114 Å². The van der Waals surface area contributed by atoms with Gasteiger partial charge in [-0.15, -0.1) is 20.4 Å². The fraction of sp³-hybridized carbons (Fsp3) is 0.316. The molecule has 268 valence electrons. The van der Waals surface area contributed by atoms with Gasteiger partial charge in [0.25, 0.3) is 0 Å². The summed E-state index contributed by atoms with van der Waals surface area (Å²) in [4.78, 5) is 23.4. The zero-order chi connectivity index (χ0) is 36.2. The second-order valence-electron chi connectivity index (χ2n) is 12.3. The Hall–Kier alpha value is -3.72. The number of carbonyl (C=O) groups excluding carboxylic acids is 2. The molecule has 0 radical (unpaired) electrons. The van der Waals surface area contributed by atoms with Crippen LogP contribution in [0.1, 0.15) is 62.5 Å². The molecule has 0 spiro atoms. The molecule has 2 saturated carbocycles. The Kier molecular flexibility index (Phi) is 11.6. The van der Waals surface area contributed by atoms with Crippen LogP contribution >= 0.6 is 55.4 Å². The maximum Gasteiger partial charge on any atom is 0.316 e. The van der Waals surface area contributed by atoms with E-state index in [1.54, 1.807) is 13.8 Å². The van der Waals surface area contributed by atoms with Gasteiger partial charge in [-0.2, -0.15) is 0 Å². The summed E-state index contributed by atoms with van der Waals surface area (Å²) < 4.78 is 15.1. The summed E-state index contributed by atoms with van der Waals surface area (Å²) in [6.45, 7) is 4.36. The number of esters is 2. The number of carbonyl (C=O) groups is 2. The van der Waals surface area contributed by atoms with Gasteiger partial charge >= 0.3 is 11.9 Å². The highest BCUT2D eigenvalue weighted by molar-refractivity contribution is 9.10. The van der Waals surface area contributed by atoms with E-state index in [-0.39, 0.29) is 23.4 Å². The molecule has 8 rings (SSSR count). The Balaban J connectivity index is 0.000000162. The zero-order valence-corrected chi connectivity index (χ0v) is 33.4. The fourth-order valence-electron chi connectivity index (χ4n) is 6.25. The molecule has 0 aliphatic heterocycles. The van der Waals surface area contributed by atoms with Gasteiger partial charge in [0.05, 0.1) is 36.1 Å². The number of fused-ring (bicyclic) bond motifs is 2. The predicted octanol–water partition coefficient (Wildman–Crippen LogP) is 9.43. The summed E-state index contributed by atoms with van der Waals surface area (Å²) in [5, 5.41) is 22.9. The molecule has 2 aromatic heterocycles. The highest BCUT2D eigenvalue weighted by Gasteiger charge is 2.28. The molecule has 0 saturated heterocycles. The van der Waals surface area contributed by atoms with Crippen molar-refractivity contribution in [2.24, 2.45) is 0 Å². The molecule has 14 heteroatoms. The van der Waals surface area contributed by atoms with Crippen molar-refractivity contribution in [3.63, 3.8) is 0 Å². The van der Waals surface area contributed by atoms with Crippen LogP contribution in [0.25, 0.3) is 32.9 Å². The summed E-state index contributed by atoms with van der Waals surface area (Å²) in [6.07, 6.45) is 5.06. The second-order valence-corrected chi connectivity index (χ2v) is 15.7. The van der Waals surface area contributed by atoms with E-state index in [0.717, 1.165) is 22.1 Å². The summed E-state index contributed by atoms with van der Waals surface area (Å²) in [6, 6.07) is 25.5. The molecule has 0 amide bonds. The summed E-state index contributed by atoms with van der Waals surface area (Å²) in [7, 11) is 0. The number of ether oxygens (including phenoxy) is 2. The van der Waals surface area contributed by atoms with Crippen LogP contribution in [0, 0.1) is 0 Å². The third-order valence-electron chi connectivity index (χ3n) is 8.82. The number of benzene rings is 4. The lowest BCUT2D eigenvalue weighted by molar-refractivity contribution is -0.140. The van der Waals surface area contributed by atoms with Gasteiger partial charge in [-0.25, -0.2) is 0 Å². The summed E-state index contributed by atoms with van der Waals surface area (Å²) in [5.74, 6) is 1.26. The standard InChI is InChI=1S/2C19H18BrN3O2S/c2*1-2-25-17(24)11-26-19-22-21-18(20)23(19)16-10-9-13(12-7-8-12)14-5-3-4-6-15(14)16/h2*3-6,9-10,12H,2,7-8,11H2,1H3. The maximum atomic E-state index is 11.7. The molecule has 0 atom stereocenters. The SMILES string of the molecule is CCOC(=O)CSc1nnc(Br)n1-c1ccc(C2CC2)c2ccccc12.CCOC(=O)CSc1nnc(Br)n1-c1ccc(C2CC2)c2ccccc12. The van der Waals surface area contributed by atoms with Crippen LogP contribution in [-0.4, -0.2) is 66.2 Å². The van der Waals surface area contributed by atoms with Gasteiger partial charge in [-0.1, -0.05) is 84.2 Å². The Labute approximate surface area is 326 Å². The van der Waals surface area contributed by atoms with Gasteiger partial charge < -0.3 is 9.47 Å². The highest BCUT2D eigenvalue weighted by Crippen LogP contribution is 2.45. The number of thioether (sulfide) groups is 2. The molecule has 6 aromatic rings. The third kappa shape index (κ3) is 8.09. The minimum atomic E-state index is -0.253. The van der Waals surface area contributed by atoms with E-state index in [2.05, 4.69) is 113 Å². The van der Waals surface area contributed by atoms with E-state index in [9.17, 15) is 9.59 Å². The van der Waals surface area contributed by atoms with Crippen LogP contribution in [0.3, 0.4) is 0 Å². The largest absolute Gasteiger partial charge is 0.465 e. The van der Waals surface area contributed by atoms with Crippen LogP contribution in [0.4, 0.5) is 0 Å². The van der Waals surface area contributed by atoms with Crippen molar-refractivity contribution in [1.29, 1.82) is 0 Å². The molecular weight excluding hydrogens is 828 g/mol. The number of aromatic nitrogens is 6. The molecule has 0 N–H and O–H groups in total. The van der Waals surface area contributed by atoms with E-state index in [4.69, 9.17) is 9.47 Å². The lowest BCUT2D eigenvalue weighted by Crippen LogP contribution is -2.08.